The van der Waals surface area contributed by atoms with E-state index in [4.69, 9.17) is 0 Å². The highest BCUT2D eigenvalue weighted by atomic mass is 15.3. The van der Waals surface area contributed by atoms with Crippen molar-refractivity contribution in [2.45, 2.75) is 74.3 Å². The van der Waals surface area contributed by atoms with Gasteiger partial charge in [-0.1, -0.05) is 41.5 Å². The van der Waals surface area contributed by atoms with Gasteiger partial charge in [0.05, 0.1) is 0 Å². The molecule has 0 N–H and O–H groups in total. The maximum Gasteiger partial charge on any atom is 0.0500 e. The first kappa shape index (κ1) is 21.2. The van der Waals surface area contributed by atoms with Crippen molar-refractivity contribution in [2.24, 2.45) is 10.8 Å². The molecule has 0 rings (SSSR count). The average molecular weight is 273 g/mol. The Morgan fingerprint density at radius 2 is 1.05 bits per heavy atom. The van der Waals surface area contributed by atoms with Crippen molar-refractivity contribution in [1.29, 1.82) is 0 Å². The molecule has 118 valence electrons. The molecule has 0 unspecified atom stereocenters. The molecule has 0 aliphatic rings. The van der Waals surface area contributed by atoms with Crippen molar-refractivity contribution in [2.75, 3.05) is 27.8 Å². The number of nitrogens with zero attached hydrogens (tertiary/aromatic N) is 2. The smallest absolute Gasteiger partial charge is 0.0500 e. The summed E-state index contributed by atoms with van der Waals surface area (Å²) in [5.41, 5.74) is 1.01. The molecular weight excluding hydrogens is 232 g/mol. The summed E-state index contributed by atoms with van der Waals surface area (Å²) < 4.78 is 0. The third kappa shape index (κ3) is 20.4. The van der Waals surface area contributed by atoms with E-state index in [1.54, 1.807) is 0 Å². The maximum atomic E-state index is 2.30. The van der Waals surface area contributed by atoms with E-state index in [9.17, 15) is 0 Å². The van der Waals surface area contributed by atoms with Crippen molar-refractivity contribution in [3.8, 4) is 0 Å². The summed E-state index contributed by atoms with van der Waals surface area (Å²) in [6.45, 7) is 19.3. The van der Waals surface area contributed by atoms with E-state index in [0.717, 1.165) is 6.67 Å². The molecule has 0 aliphatic carbocycles. The van der Waals surface area contributed by atoms with Gasteiger partial charge in [0.1, 0.15) is 0 Å². The number of hydrogen-bond donors (Lipinski definition) is 0. The zero-order valence-electron chi connectivity index (χ0n) is 15.6. The molecule has 19 heavy (non-hydrogen) atoms. The Morgan fingerprint density at radius 1 is 0.737 bits per heavy atom. The Balaban J connectivity index is 0. The average Bonchev–Trinajstić information content (AvgIpc) is 2.12. The molecule has 0 spiro atoms. The number of rotatable bonds is 4. The van der Waals surface area contributed by atoms with Crippen molar-refractivity contribution in [1.82, 2.24) is 9.80 Å². The largest absolute Gasteiger partial charge is 0.297 e. The Bertz CT molecular complexity index is 192. The Kier molecular flexibility index (Phi) is 10.0. The Morgan fingerprint density at radius 3 is 1.16 bits per heavy atom. The number of hydrogen-bond acceptors (Lipinski definition) is 2. The van der Waals surface area contributed by atoms with Crippen molar-refractivity contribution in [3.63, 3.8) is 0 Å². The fraction of sp³-hybridized carbons (Fsp3) is 1.00. The summed E-state index contributed by atoms with van der Waals surface area (Å²) in [7, 11) is 6.29. The molecule has 2 heteroatoms. The molecule has 0 aromatic heterocycles. The summed E-state index contributed by atoms with van der Waals surface area (Å²) in [6.07, 6.45) is 2.66. The van der Waals surface area contributed by atoms with Crippen LogP contribution in [-0.4, -0.2) is 43.7 Å². The van der Waals surface area contributed by atoms with Crippen LogP contribution in [0.1, 0.15) is 68.2 Å². The van der Waals surface area contributed by atoms with Gasteiger partial charge in [-0.15, -0.1) is 0 Å². The quantitative estimate of drug-likeness (QED) is 0.684. The molecule has 0 saturated carbocycles. The van der Waals surface area contributed by atoms with E-state index in [-0.39, 0.29) is 0 Å². The minimum Gasteiger partial charge on any atom is -0.297 e. The van der Waals surface area contributed by atoms with E-state index < -0.39 is 0 Å². The third-order valence-electron chi connectivity index (χ3n) is 3.01. The highest BCUT2D eigenvalue weighted by molar-refractivity contribution is 4.68. The van der Waals surface area contributed by atoms with Crippen LogP contribution in [0.4, 0.5) is 0 Å². The van der Waals surface area contributed by atoms with E-state index in [1.165, 1.54) is 12.8 Å². The van der Waals surface area contributed by atoms with Gasteiger partial charge in [0.2, 0.25) is 0 Å². The van der Waals surface area contributed by atoms with Crippen LogP contribution in [0.5, 0.6) is 0 Å². The van der Waals surface area contributed by atoms with E-state index in [1.807, 2.05) is 0 Å². The summed E-state index contributed by atoms with van der Waals surface area (Å²) in [4.78, 5) is 4.46. The van der Waals surface area contributed by atoms with Crippen molar-refractivity contribution in [3.05, 3.63) is 0 Å². The molecule has 0 heterocycles. The maximum absolute atomic E-state index is 2.30. The summed E-state index contributed by atoms with van der Waals surface area (Å²) >= 11 is 0. The van der Waals surface area contributed by atoms with Crippen molar-refractivity contribution < 1.29 is 0 Å². The minimum absolute atomic E-state index is 0.507. The summed E-state index contributed by atoms with van der Waals surface area (Å²) in [6, 6.07) is 0.646. The SMILES string of the molecule is CC(C)(C)CCC(C)(C)C.CC(C)N(C)CN(C)C. The van der Waals surface area contributed by atoms with Crippen LogP contribution in [-0.2, 0) is 0 Å². The highest BCUT2D eigenvalue weighted by Crippen LogP contribution is 2.29. The first-order valence-corrected chi connectivity index (χ1v) is 7.59. The van der Waals surface area contributed by atoms with Gasteiger partial charge < -0.3 is 0 Å². The van der Waals surface area contributed by atoms with E-state index >= 15 is 0 Å². The molecule has 0 saturated heterocycles. The molecule has 0 aliphatic heterocycles. The lowest BCUT2D eigenvalue weighted by Crippen LogP contribution is -2.35. The molecule has 0 amide bonds. The normalized spacial score (nSPS) is 12.9. The minimum atomic E-state index is 0.507. The summed E-state index contributed by atoms with van der Waals surface area (Å²) in [5, 5.41) is 0. The van der Waals surface area contributed by atoms with Gasteiger partial charge >= 0.3 is 0 Å². The van der Waals surface area contributed by atoms with Crippen LogP contribution in [0, 0.1) is 10.8 Å². The van der Waals surface area contributed by atoms with Crippen LogP contribution in [0.25, 0.3) is 0 Å². The predicted octanol–water partition coefficient (Wildman–Crippen LogP) is 4.70. The highest BCUT2D eigenvalue weighted by Gasteiger charge is 2.16. The Labute approximate surface area is 123 Å². The van der Waals surface area contributed by atoms with Gasteiger partial charge in [0, 0.05) is 12.7 Å². The molecule has 2 nitrogen and oxygen atoms in total. The topological polar surface area (TPSA) is 6.48 Å². The molecule has 0 atom stereocenters. The molecular formula is C17H40N2. The second kappa shape index (κ2) is 8.97. The van der Waals surface area contributed by atoms with Gasteiger partial charge in [-0.3, -0.25) is 9.80 Å². The van der Waals surface area contributed by atoms with Gasteiger partial charge in [0.25, 0.3) is 0 Å². The molecule has 0 aromatic rings. The van der Waals surface area contributed by atoms with E-state index in [0.29, 0.717) is 16.9 Å². The molecule has 0 bridgehead atoms. The van der Waals surface area contributed by atoms with Crippen LogP contribution < -0.4 is 0 Å². The fourth-order valence-corrected chi connectivity index (χ4v) is 1.36. The zero-order valence-corrected chi connectivity index (χ0v) is 15.6. The Hall–Kier alpha value is -0.0800. The van der Waals surface area contributed by atoms with Crippen LogP contribution in [0.3, 0.4) is 0 Å². The fourth-order valence-electron chi connectivity index (χ4n) is 1.36. The lowest BCUT2D eigenvalue weighted by Gasteiger charge is -2.24. The van der Waals surface area contributed by atoms with E-state index in [2.05, 4.69) is 86.3 Å². The lowest BCUT2D eigenvalue weighted by atomic mass is 9.81. The zero-order chi connectivity index (χ0) is 15.9. The first-order valence-electron chi connectivity index (χ1n) is 7.59. The standard InChI is InChI=1S/C10H22.C7H18N2/c1-9(2,3)7-8-10(4,5)6;1-7(2)9(5)6-8(3)4/h7-8H2,1-6H3;7H,6H2,1-5H3. The van der Waals surface area contributed by atoms with Gasteiger partial charge in [-0.2, -0.15) is 0 Å². The van der Waals surface area contributed by atoms with Gasteiger partial charge in [0.15, 0.2) is 0 Å². The lowest BCUT2D eigenvalue weighted by molar-refractivity contribution is 0.175. The second-order valence-electron chi connectivity index (χ2n) is 8.69. The van der Waals surface area contributed by atoms with Crippen LogP contribution in [0.2, 0.25) is 0 Å². The van der Waals surface area contributed by atoms with Crippen LogP contribution in [0.15, 0.2) is 0 Å². The van der Waals surface area contributed by atoms with Gasteiger partial charge in [-0.05, 0) is 58.7 Å². The summed E-state index contributed by atoms with van der Waals surface area (Å²) in [5.74, 6) is 0. The van der Waals surface area contributed by atoms with Crippen molar-refractivity contribution >= 4 is 0 Å². The first-order chi connectivity index (χ1) is 8.24. The monoisotopic (exact) mass is 272 g/mol. The molecule has 0 fully saturated rings. The second-order valence-corrected chi connectivity index (χ2v) is 8.69. The van der Waals surface area contributed by atoms with Crippen LogP contribution >= 0.6 is 0 Å². The molecule has 0 radical (unpaired) electrons. The molecule has 0 aromatic carbocycles. The predicted molar refractivity (Wildman–Crippen MR) is 89.6 cm³/mol. The van der Waals surface area contributed by atoms with Gasteiger partial charge in [-0.25, -0.2) is 0 Å². The third-order valence-corrected chi connectivity index (χ3v) is 3.01.